The monoisotopic (exact) mass is 167 g/mol. The third kappa shape index (κ3) is 1.16. The highest BCUT2D eigenvalue weighted by molar-refractivity contribution is 5.60. The molecule has 1 aromatic carbocycles. The van der Waals surface area contributed by atoms with Crippen molar-refractivity contribution in [1.29, 1.82) is 0 Å². The van der Waals surface area contributed by atoms with Gasteiger partial charge < -0.3 is 20.3 Å². The minimum atomic E-state index is -0.834. The van der Waals surface area contributed by atoms with Crippen LogP contribution in [0.4, 0.5) is 5.69 Å². The van der Waals surface area contributed by atoms with Crippen molar-refractivity contribution in [1.82, 2.24) is 0 Å². The molecule has 0 aliphatic carbocycles. The number of rotatable bonds is 0. The van der Waals surface area contributed by atoms with E-state index in [4.69, 9.17) is 14.9 Å². The van der Waals surface area contributed by atoms with Gasteiger partial charge in [0.2, 0.25) is 6.29 Å². The van der Waals surface area contributed by atoms with Crippen molar-refractivity contribution in [3.8, 4) is 11.5 Å². The predicted molar refractivity (Wildman–Crippen MR) is 43.2 cm³/mol. The van der Waals surface area contributed by atoms with E-state index in [1.165, 1.54) is 6.07 Å². The molecule has 64 valence electrons. The Hall–Kier alpha value is -1.42. The van der Waals surface area contributed by atoms with Gasteiger partial charge in [-0.05, 0) is 12.1 Å². The van der Waals surface area contributed by atoms with E-state index in [9.17, 15) is 0 Å². The Morgan fingerprint density at radius 3 is 3.17 bits per heavy atom. The number of β-amino-alcohol motifs (C(OH)–C–C–N with tert-alkyl or cyclic N) is 1. The van der Waals surface area contributed by atoms with E-state index in [0.717, 1.165) is 5.69 Å². The Morgan fingerprint density at radius 2 is 2.33 bits per heavy atom. The van der Waals surface area contributed by atoms with Crippen LogP contribution in [-0.4, -0.2) is 23.0 Å². The molecule has 1 aromatic rings. The van der Waals surface area contributed by atoms with Crippen molar-refractivity contribution < 1.29 is 14.9 Å². The first kappa shape index (κ1) is 7.24. The molecule has 0 aromatic heterocycles. The number of phenols is 1. The maximum atomic E-state index is 9.09. The van der Waals surface area contributed by atoms with Crippen LogP contribution in [0.5, 0.6) is 11.5 Å². The Labute approximate surface area is 69.4 Å². The van der Waals surface area contributed by atoms with Gasteiger partial charge in [0.1, 0.15) is 11.5 Å². The molecule has 2 rings (SSSR count). The average molecular weight is 167 g/mol. The number of aliphatic hydroxyl groups is 1. The number of ether oxygens (including phenoxy) is 1. The summed E-state index contributed by atoms with van der Waals surface area (Å²) < 4.78 is 5.05. The summed E-state index contributed by atoms with van der Waals surface area (Å²) in [4.78, 5) is 0. The van der Waals surface area contributed by atoms with Crippen molar-refractivity contribution in [2.24, 2.45) is 0 Å². The number of nitrogens with one attached hydrogen (secondary N) is 1. The summed E-state index contributed by atoms with van der Waals surface area (Å²) in [6.07, 6.45) is -0.834. The maximum Gasteiger partial charge on any atom is 0.214 e. The van der Waals surface area contributed by atoms with Crippen LogP contribution in [0.25, 0.3) is 0 Å². The number of anilines is 1. The zero-order valence-corrected chi connectivity index (χ0v) is 6.32. The number of aromatic hydroxyl groups is 1. The Bertz CT molecular complexity index is 300. The summed E-state index contributed by atoms with van der Waals surface area (Å²) in [5.74, 6) is 0.610. The van der Waals surface area contributed by atoms with Gasteiger partial charge in [0.15, 0.2) is 0 Å². The number of phenolic OH excluding ortho intramolecular Hbond substituents is 1. The number of hydrogen-bond acceptors (Lipinski definition) is 4. The van der Waals surface area contributed by atoms with Gasteiger partial charge in [0.05, 0.1) is 12.2 Å². The van der Waals surface area contributed by atoms with Gasteiger partial charge in [-0.1, -0.05) is 0 Å². The molecule has 1 unspecified atom stereocenters. The van der Waals surface area contributed by atoms with Crippen LogP contribution in [-0.2, 0) is 0 Å². The normalized spacial score (nSPS) is 20.6. The number of benzene rings is 1. The second kappa shape index (κ2) is 2.57. The summed E-state index contributed by atoms with van der Waals surface area (Å²) in [5.41, 5.74) is 0.790. The molecule has 1 heterocycles. The molecule has 1 aliphatic rings. The summed E-state index contributed by atoms with van der Waals surface area (Å²) in [7, 11) is 0. The third-order valence-corrected chi connectivity index (χ3v) is 1.70. The van der Waals surface area contributed by atoms with Gasteiger partial charge in [-0.25, -0.2) is 0 Å². The van der Waals surface area contributed by atoms with Crippen LogP contribution in [0.1, 0.15) is 0 Å². The molecular formula is C8H9NO3. The zero-order valence-electron chi connectivity index (χ0n) is 6.32. The standard InChI is InChI=1S/C8H9NO3/c10-5-1-2-6-7(3-5)12-8(11)4-9-6/h1-3,8-11H,4H2. The van der Waals surface area contributed by atoms with Crippen molar-refractivity contribution in [2.45, 2.75) is 6.29 Å². The Balaban J connectivity index is 2.37. The largest absolute Gasteiger partial charge is 0.508 e. The number of fused-ring (bicyclic) bond motifs is 1. The molecule has 0 fully saturated rings. The van der Waals surface area contributed by atoms with E-state index in [1.54, 1.807) is 12.1 Å². The molecule has 0 saturated carbocycles. The van der Waals surface area contributed by atoms with Crippen LogP contribution in [0, 0.1) is 0 Å². The van der Waals surface area contributed by atoms with Gasteiger partial charge in [0.25, 0.3) is 0 Å². The summed E-state index contributed by atoms with van der Waals surface area (Å²) >= 11 is 0. The summed E-state index contributed by atoms with van der Waals surface area (Å²) in [5, 5.41) is 21.1. The highest BCUT2D eigenvalue weighted by Gasteiger charge is 2.16. The molecule has 0 radical (unpaired) electrons. The van der Waals surface area contributed by atoms with Gasteiger partial charge in [0, 0.05) is 6.07 Å². The van der Waals surface area contributed by atoms with E-state index in [-0.39, 0.29) is 5.75 Å². The minimum Gasteiger partial charge on any atom is -0.508 e. The second-order valence-electron chi connectivity index (χ2n) is 2.63. The Morgan fingerprint density at radius 1 is 1.50 bits per heavy atom. The predicted octanol–water partition coefficient (Wildman–Crippen LogP) is 0.515. The summed E-state index contributed by atoms with van der Waals surface area (Å²) in [6.45, 7) is 0.373. The smallest absolute Gasteiger partial charge is 0.214 e. The van der Waals surface area contributed by atoms with Crippen LogP contribution in [0.2, 0.25) is 0 Å². The number of hydrogen-bond donors (Lipinski definition) is 3. The van der Waals surface area contributed by atoms with Crippen molar-refractivity contribution >= 4 is 5.69 Å². The van der Waals surface area contributed by atoms with E-state index in [1.807, 2.05) is 0 Å². The molecule has 0 amide bonds. The van der Waals surface area contributed by atoms with Crippen molar-refractivity contribution in [3.63, 3.8) is 0 Å². The van der Waals surface area contributed by atoms with Crippen LogP contribution >= 0.6 is 0 Å². The second-order valence-corrected chi connectivity index (χ2v) is 2.63. The van der Waals surface area contributed by atoms with E-state index >= 15 is 0 Å². The highest BCUT2D eigenvalue weighted by Crippen LogP contribution is 2.31. The maximum absolute atomic E-state index is 9.09. The van der Waals surface area contributed by atoms with Gasteiger partial charge in [-0.15, -0.1) is 0 Å². The van der Waals surface area contributed by atoms with Gasteiger partial charge in [-0.2, -0.15) is 0 Å². The molecule has 4 heteroatoms. The molecule has 4 nitrogen and oxygen atoms in total. The minimum absolute atomic E-state index is 0.129. The fraction of sp³-hybridized carbons (Fsp3) is 0.250. The quantitative estimate of drug-likeness (QED) is 0.493. The molecule has 0 spiro atoms. The zero-order chi connectivity index (χ0) is 8.55. The van der Waals surface area contributed by atoms with E-state index in [2.05, 4.69) is 5.32 Å². The van der Waals surface area contributed by atoms with Crippen LogP contribution in [0.3, 0.4) is 0 Å². The SMILES string of the molecule is Oc1ccc2c(c1)OC(O)CN2. The fourth-order valence-electron chi connectivity index (χ4n) is 1.14. The Kier molecular flexibility index (Phi) is 1.55. The first-order valence-corrected chi connectivity index (χ1v) is 3.67. The van der Waals surface area contributed by atoms with Crippen molar-refractivity contribution in [3.05, 3.63) is 18.2 Å². The number of aliphatic hydroxyl groups excluding tert-OH is 1. The van der Waals surface area contributed by atoms with Crippen LogP contribution < -0.4 is 10.1 Å². The highest BCUT2D eigenvalue weighted by atomic mass is 16.6. The fourth-order valence-corrected chi connectivity index (χ4v) is 1.14. The molecule has 3 N–H and O–H groups in total. The summed E-state index contributed by atoms with van der Waals surface area (Å²) in [6, 6.07) is 4.73. The van der Waals surface area contributed by atoms with E-state index in [0.29, 0.717) is 12.3 Å². The topological polar surface area (TPSA) is 61.7 Å². The lowest BCUT2D eigenvalue weighted by Gasteiger charge is -2.23. The molecule has 12 heavy (non-hydrogen) atoms. The first-order chi connectivity index (χ1) is 5.75. The van der Waals surface area contributed by atoms with Gasteiger partial charge >= 0.3 is 0 Å². The lowest BCUT2D eigenvalue weighted by molar-refractivity contribution is -0.00991. The molecule has 1 atom stereocenters. The first-order valence-electron chi connectivity index (χ1n) is 3.67. The molecular weight excluding hydrogens is 158 g/mol. The molecule has 0 saturated heterocycles. The van der Waals surface area contributed by atoms with Crippen molar-refractivity contribution in [2.75, 3.05) is 11.9 Å². The molecule has 1 aliphatic heterocycles. The lowest BCUT2D eigenvalue weighted by atomic mass is 10.2. The average Bonchev–Trinajstić information content (AvgIpc) is 2.03. The third-order valence-electron chi connectivity index (χ3n) is 1.70. The molecule has 0 bridgehead atoms. The van der Waals surface area contributed by atoms with Crippen LogP contribution in [0.15, 0.2) is 18.2 Å². The van der Waals surface area contributed by atoms with E-state index < -0.39 is 6.29 Å². The lowest BCUT2D eigenvalue weighted by Crippen LogP contribution is -2.29. The van der Waals surface area contributed by atoms with Gasteiger partial charge in [-0.3, -0.25) is 0 Å².